The Balaban J connectivity index is 1.24. The number of anilines is 2. The van der Waals surface area contributed by atoms with E-state index in [1.54, 1.807) is 23.1 Å². The minimum Gasteiger partial charge on any atom is -0.310 e. The second-order valence-corrected chi connectivity index (χ2v) is 8.68. The fraction of sp³-hybridized carbons (Fsp3) is 0.333. The van der Waals surface area contributed by atoms with Gasteiger partial charge in [-0.05, 0) is 56.1 Å². The molecule has 3 aromatic rings. The van der Waals surface area contributed by atoms with E-state index >= 15 is 0 Å². The molecule has 2 amide bonds. The van der Waals surface area contributed by atoms with Gasteiger partial charge in [0.25, 0.3) is 0 Å². The minimum absolute atomic E-state index is 0.0149. The summed E-state index contributed by atoms with van der Waals surface area (Å²) in [6.45, 7) is 4.07. The zero-order valence-electron chi connectivity index (χ0n) is 18.5. The first kappa shape index (κ1) is 22.9. The van der Waals surface area contributed by atoms with Crippen LogP contribution in [0.3, 0.4) is 0 Å². The number of nitrogens with zero attached hydrogens (tertiary/aromatic N) is 4. The van der Waals surface area contributed by atoms with Gasteiger partial charge in [0.15, 0.2) is 0 Å². The number of hydrogen-bond acceptors (Lipinski definition) is 5. The number of aryl methyl sites for hydroxylation is 1. The van der Waals surface area contributed by atoms with Crippen LogP contribution in [0, 0.1) is 12.8 Å². The molecule has 0 bridgehead atoms. The van der Waals surface area contributed by atoms with E-state index < -0.39 is 0 Å². The van der Waals surface area contributed by atoms with E-state index in [1.165, 1.54) is 0 Å². The molecule has 2 N–H and O–H groups in total. The van der Waals surface area contributed by atoms with Crippen molar-refractivity contribution in [3.8, 4) is 0 Å². The Morgan fingerprint density at radius 1 is 1.09 bits per heavy atom. The van der Waals surface area contributed by atoms with Gasteiger partial charge >= 0.3 is 0 Å². The third-order valence-electron chi connectivity index (χ3n) is 5.75. The number of carbonyl (C=O) groups excluding carboxylic acids is 2. The van der Waals surface area contributed by atoms with Crippen LogP contribution in [0.25, 0.3) is 0 Å². The first-order valence-corrected chi connectivity index (χ1v) is 11.4. The van der Waals surface area contributed by atoms with Crippen molar-refractivity contribution in [3.05, 3.63) is 71.0 Å². The lowest BCUT2D eigenvalue weighted by atomic mass is 9.96. The molecular formula is C24H27ClN6O2. The fourth-order valence-corrected chi connectivity index (χ4v) is 4.06. The molecule has 1 fully saturated rings. The monoisotopic (exact) mass is 466 g/mol. The van der Waals surface area contributed by atoms with Crippen LogP contribution < -0.4 is 10.6 Å². The molecule has 0 spiro atoms. The number of carbonyl (C=O) groups is 2. The van der Waals surface area contributed by atoms with Crippen molar-refractivity contribution in [1.29, 1.82) is 0 Å². The summed E-state index contributed by atoms with van der Waals surface area (Å²) in [7, 11) is 0. The topological polar surface area (TPSA) is 92.2 Å². The van der Waals surface area contributed by atoms with Crippen molar-refractivity contribution >= 4 is 35.1 Å². The first-order valence-electron chi connectivity index (χ1n) is 11.0. The summed E-state index contributed by atoms with van der Waals surface area (Å²) in [5.74, 6) is 0.992. The first-order chi connectivity index (χ1) is 16.0. The van der Waals surface area contributed by atoms with Gasteiger partial charge < -0.3 is 10.6 Å². The number of likely N-dealkylation sites (tertiary alicyclic amines) is 1. The molecular weight excluding hydrogens is 440 g/mol. The van der Waals surface area contributed by atoms with Gasteiger partial charge in [-0.1, -0.05) is 35.9 Å². The van der Waals surface area contributed by atoms with Crippen LogP contribution in [0.4, 0.5) is 11.6 Å². The molecule has 8 nitrogen and oxygen atoms in total. The largest absolute Gasteiger partial charge is 0.310 e. The van der Waals surface area contributed by atoms with E-state index in [0.29, 0.717) is 49.1 Å². The number of benzene rings is 1. The van der Waals surface area contributed by atoms with Gasteiger partial charge in [0, 0.05) is 23.2 Å². The summed E-state index contributed by atoms with van der Waals surface area (Å²) >= 11 is 6.25. The van der Waals surface area contributed by atoms with Crippen LogP contribution in [0.2, 0.25) is 5.02 Å². The van der Waals surface area contributed by atoms with Crippen molar-refractivity contribution in [2.45, 2.75) is 26.3 Å². The molecule has 0 aliphatic carbocycles. The lowest BCUT2D eigenvalue weighted by molar-refractivity contribution is -0.121. The predicted octanol–water partition coefficient (Wildman–Crippen LogP) is 3.58. The Bertz CT molecular complexity index is 1110. The summed E-state index contributed by atoms with van der Waals surface area (Å²) in [5, 5.41) is 10.8. The Morgan fingerprint density at radius 2 is 1.88 bits per heavy atom. The molecule has 0 radical (unpaired) electrons. The maximum absolute atomic E-state index is 12.6. The Labute approximate surface area is 198 Å². The third kappa shape index (κ3) is 6.18. The molecule has 33 heavy (non-hydrogen) atoms. The molecule has 1 saturated heterocycles. The Kier molecular flexibility index (Phi) is 7.36. The maximum Gasteiger partial charge on any atom is 0.239 e. The molecule has 1 aromatic carbocycles. The molecule has 9 heteroatoms. The highest BCUT2D eigenvalue weighted by atomic mass is 35.5. The number of pyridine rings is 1. The van der Waals surface area contributed by atoms with E-state index in [4.69, 9.17) is 11.6 Å². The molecule has 172 valence electrons. The van der Waals surface area contributed by atoms with E-state index in [9.17, 15) is 9.59 Å². The number of aromatic nitrogens is 3. The lowest BCUT2D eigenvalue weighted by Crippen LogP contribution is -2.42. The van der Waals surface area contributed by atoms with Crippen LogP contribution in [-0.4, -0.2) is 51.1 Å². The summed E-state index contributed by atoms with van der Waals surface area (Å²) < 4.78 is 1.72. The van der Waals surface area contributed by atoms with Gasteiger partial charge in [0.05, 0.1) is 19.3 Å². The van der Waals surface area contributed by atoms with Crippen molar-refractivity contribution in [2.75, 3.05) is 30.3 Å². The zero-order valence-corrected chi connectivity index (χ0v) is 19.3. The summed E-state index contributed by atoms with van der Waals surface area (Å²) in [4.78, 5) is 31.5. The van der Waals surface area contributed by atoms with Crippen molar-refractivity contribution < 1.29 is 9.59 Å². The molecule has 0 unspecified atom stereocenters. The van der Waals surface area contributed by atoms with E-state index in [2.05, 4.69) is 25.6 Å². The predicted molar refractivity (Wildman–Crippen MR) is 128 cm³/mol. The van der Waals surface area contributed by atoms with Crippen LogP contribution >= 0.6 is 11.6 Å². The highest BCUT2D eigenvalue weighted by Gasteiger charge is 2.26. The van der Waals surface area contributed by atoms with Crippen molar-refractivity contribution in [1.82, 2.24) is 19.7 Å². The average molecular weight is 467 g/mol. The van der Waals surface area contributed by atoms with E-state index in [1.807, 2.05) is 43.3 Å². The van der Waals surface area contributed by atoms with Crippen LogP contribution in [0.5, 0.6) is 0 Å². The highest BCUT2D eigenvalue weighted by molar-refractivity contribution is 6.31. The number of piperidine rings is 1. The molecule has 1 aliphatic heterocycles. The second-order valence-electron chi connectivity index (χ2n) is 8.27. The van der Waals surface area contributed by atoms with Crippen molar-refractivity contribution in [2.24, 2.45) is 5.92 Å². The van der Waals surface area contributed by atoms with Gasteiger partial charge in [-0.15, -0.1) is 0 Å². The molecule has 0 atom stereocenters. The quantitative estimate of drug-likeness (QED) is 0.555. The Hall–Kier alpha value is -3.23. The molecule has 2 aromatic heterocycles. The number of amides is 2. The van der Waals surface area contributed by atoms with Gasteiger partial charge in [-0.3, -0.25) is 14.5 Å². The van der Waals surface area contributed by atoms with E-state index in [-0.39, 0.29) is 24.3 Å². The SMILES string of the molecule is Cc1ccc(NC(=O)C2CCN(CC(=O)Nc3ccnn3Cc3ccccc3Cl)CC2)nc1. The standard InChI is InChI=1S/C24H27ClN6O2/c1-17-6-7-21(26-14-17)28-24(33)18-9-12-30(13-10-18)16-23(32)29-22-8-11-27-31(22)15-19-4-2-3-5-20(19)25/h2-8,11,14,18H,9-10,12-13,15-16H2,1H3,(H,29,32)(H,26,28,33). The molecule has 1 aliphatic rings. The average Bonchev–Trinajstić information content (AvgIpc) is 3.23. The molecule has 0 saturated carbocycles. The number of rotatable bonds is 7. The van der Waals surface area contributed by atoms with Crippen LogP contribution in [0.1, 0.15) is 24.0 Å². The number of nitrogens with one attached hydrogen (secondary N) is 2. The number of halogens is 1. The third-order valence-corrected chi connectivity index (χ3v) is 6.12. The Morgan fingerprint density at radius 3 is 2.61 bits per heavy atom. The second kappa shape index (κ2) is 10.6. The summed E-state index contributed by atoms with van der Waals surface area (Å²) in [6.07, 6.45) is 4.79. The summed E-state index contributed by atoms with van der Waals surface area (Å²) in [6, 6.07) is 13.1. The van der Waals surface area contributed by atoms with Gasteiger partial charge in [0.2, 0.25) is 11.8 Å². The maximum atomic E-state index is 12.6. The fourth-order valence-electron chi connectivity index (χ4n) is 3.86. The molecule has 3 heterocycles. The van der Waals surface area contributed by atoms with E-state index in [0.717, 1.165) is 11.1 Å². The van der Waals surface area contributed by atoms with Crippen molar-refractivity contribution in [3.63, 3.8) is 0 Å². The van der Waals surface area contributed by atoms with Gasteiger partial charge in [-0.2, -0.15) is 5.10 Å². The zero-order chi connectivity index (χ0) is 23.2. The van der Waals surface area contributed by atoms with Crippen LogP contribution in [0.15, 0.2) is 54.9 Å². The minimum atomic E-state index is -0.109. The number of hydrogen-bond donors (Lipinski definition) is 2. The highest BCUT2D eigenvalue weighted by Crippen LogP contribution is 2.20. The lowest BCUT2D eigenvalue weighted by Gasteiger charge is -2.30. The normalized spacial score (nSPS) is 14.7. The molecule has 4 rings (SSSR count). The smallest absolute Gasteiger partial charge is 0.239 e. The van der Waals surface area contributed by atoms with Gasteiger partial charge in [-0.25, -0.2) is 9.67 Å². The van der Waals surface area contributed by atoms with Crippen LogP contribution in [-0.2, 0) is 16.1 Å². The summed E-state index contributed by atoms with van der Waals surface area (Å²) in [5.41, 5.74) is 1.98. The van der Waals surface area contributed by atoms with Gasteiger partial charge in [0.1, 0.15) is 11.6 Å².